The first-order valence-corrected chi connectivity index (χ1v) is 9.98. The lowest BCUT2D eigenvalue weighted by Gasteiger charge is -2.02. The van der Waals surface area contributed by atoms with Crippen molar-refractivity contribution >= 4 is 27.9 Å². The Balaban J connectivity index is 1.48. The molecule has 0 radical (unpaired) electrons. The van der Waals surface area contributed by atoms with Crippen molar-refractivity contribution in [3.05, 3.63) is 62.2 Å². The van der Waals surface area contributed by atoms with E-state index in [-0.39, 0.29) is 18.0 Å². The monoisotopic (exact) mass is 411 g/mol. The number of nitrogens with zero attached hydrogens (tertiary/aromatic N) is 4. The number of nitrogens with one attached hydrogen (secondary N) is 1. The first-order valence-electron chi connectivity index (χ1n) is 9.16. The summed E-state index contributed by atoms with van der Waals surface area (Å²) in [5.41, 5.74) is 1.50. The maximum Gasteiger partial charge on any atom is 0.307 e. The molecular weight excluding hydrogens is 394 g/mol. The molecule has 1 amide bonds. The van der Waals surface area contributed by atoms with E-state index in [0.717, 1.165) is 43.9 Å². The summed E-state index contributed by atoms with van der Waals surface area (Å²) >= 11 is 1.46. The molecule has 1 N–H and O–H groups in total. The van der Waals surface area contributed by atoms with Gasteiger partial charge in [0.15, 0.2) is 5.76 Å². The number of nitriles is 1. The van der Waals surface area contributed by atoms with Crippen molar-refractivity contribution in [1.82, 2.24) is 9.78 Å². The number of fused-ring (bicyclic) bond motifs is 1. The quantitative estimate of drug-likeness (QED) is 0.385. The van der Waals surface area contributed by atoms with Crippen LogP contribution in [0.5, 0.6) is 0 Å². The molecule has 1 aliphatic carbocycles. The standard InChI is InChI=1S/C19H17N5O4S/c20-8-15-14-4-2-1-3-5-17(14)29-19(15)22-18(25)16-7-6-13(28-16)11-23-10-12(9-21-23)24(26)27/h6-7,9-10H,1-5,11H2,(H,22,25). The molecule has 4 rings (SSSR count). The number of nitro groups is 1. The Hall–Kier alpha value is -3.45. The fraction of sp³-hybridized carbons (Fsp3) is 0.316. The summed E-state index contributed by atoms with van der Waals surface area (Å²) in [5.74, 6) is 0.111. The second kappa shape index (κ2) is 7.89. The molecule has 0 atom stereocenters. The molecule has 1 aliphatic rings. The van der Waals surface area contributed by atoms with Gasteiger partial charge < -0.3 is 9.73 Å². The summed E-state index contributed by atoms with van der Waals surface area (Å²) in [5, 5.41) is 27.6. The highest BCUT2D eigenvalue weighted by Crippen LogP contribution is 2.37. The van der Waals surface area contributed by atoms with E-state index in [1.165, 1.54) is 33.2 Å². The predicted octanol–water partition coefficient (Wildman–Crippen LogP) is 3.89. The number of carbonyl (C=O) groups is 1. The van der Waals surface area contributed by atoms with Gasteiger partial charge in [-0.05, 0) is 43.4 Å². The number of aryl methyl sites for hydroxylation is 1. The fourth-order valence-corrected chi connectivity index (χ4v) is 4.63. The minimum absolute atomic E-state index is 0.106. The largest absolute Gasteiger partial charge is 0.454 e. The Bertz CT molecular complexity index is 1120. The lowest BCUT2D eigenvalue weighted by molar-refractivity contribution is -0.385. The summed E-state index contributed by atoms with van der Waals surface area (Å²) in [6.07, 6.45) is 7.55. The van der Waals surface area contributed by atoms with E-state index < -0.39 is 10.8 Å². The molecular formula is C19H17N5O4S. The molecule has 0 unspecified atom stereocenters. The normalized spacial score (nSPS) is 13.3. The lowest BCUT2D eigenvalue weighted by Crippen LogP contribution is -2.11. The lowest BCUT2D eigenvalue weighted by atomic mass is 10.1. The zero-order chi connectivity index (χ0) is 20.4. The number of hydrogen-bond acceptors (Lipinski definition) is 7. The summed E-state index contributed by atoms with van der Waals surface area (Å²) < 4.78 is 6.93. The van der Waals surface area contributed by atoms with Crippen LogP contribution in [0.15, 0.2) is 28.9 Å². The molecule has 9 nitrogen and oxygen atoms in total. The van der Waals surface area contributed by atoms with Gasteiger partial charge in [-0.25, -0.2) is 0 Å². The second-order valence-electron chi connectivity index (χ2n) is 6.75. The van der Waals surface area contributed by atoms with Crippen LogP contribution in [0.3, 0.4) is 0 Å². The van der Waals surface area contributed by atoms with E-state index >= 15 is 0 Å². The maximum absolute atomic E-state index is 12.6. The van der Waals surface area contributed by atoms with E-state index in [0.29, 0.717) is 16.3 Å². The minimum atomic E-state index is -0.528. The van der Waals surface area contributed by atoms with E-state index in [9.17, 15) is 20.2 Å². The van der Waals surface area contributed by atoms with Crippen LogP contribution in [0.4, 0.5) is 10.7 Å². The van der Waals surface area contributed by atoms with Gasteiger partial charge in [0, 0.05) is 4.88 Å². The van der Waals surface area contributed by atoms with Gasteiger partial charge in [0.25, 0.3) is 5.91 Å². The number of anilines is 1. The van der Waals surface area contributed by atoms with Crippen LogP contribution in [0.2, 0.25) is 0 Å². The van der Waals surface area contributed by atoms with Gasteiger partial charge in [0.1, 0.15) is 29.2 Å². The van der Waals surface area contributed by atoms with Crippen molar-refractivity contribution in [2.24, 2.45) is 0 Å². The number of hydrogen-bond donors (Lipinski definition) is 1. The molecule has 29 heavy (non-hydrogen) atoms. The Morgan fingerprint density at radius 2 is 2.21 bits per heavy atom. The van der Waals surface area contributed by atoms with E-state index in [1.54, 1.807) is 6.07 Å². The zero-order valence-corrected chi connectivity index (χ0v) is 16.2. The summed E-state index contributed by atoms with van der Waals surface area (Å²) in [6, 6.07) is 5.39. The van der Waals surface area contributed by atoms with Crippen LogP contribution in [0.1, 0.15) is 51.6 Å². The van der Waals surface area contributed by atoms with Crippen LogP contribution in [0, 0.1) is 21.4 Å². The summed E-state index contributed by atoms with van der Waals surface area (Å²) in [4.78, 5) is 24.0. The van der Waals surface area contributed by atoms with Gasteiger partial charge in [-0.3, -0.25) is 19.6 Å². The third kappa shape index (κ3) is 3.90. The van der Waals surface area contributed by atoms with Gasteiger partial charge in [0.05, 0.1) is 17.0 Å². The topological polar surface area (TPSA) is 127 Å². The second-order valence-corrected chi connectivity index (χ2v) is 7.86. The highest BCUT2D eigenvalue weighted by atomic mass is 32.1. The highest BCUT2D eigenvalue weighted by molar-refractivity contribution is 7.16. The van der Waals surface area contributed by atoms with Crippen LogP contribution in [0.25, 0.3) is 0 Å². The first-order chi connectivity index (χ1) is 14.0. The average molecular weight is 411 g/mol. The van der Waals surface area contributed by atoms with Gasteiger partial charge >= 0.3 is 5.69 Å². The Labute approximate surface area is 169 Å². The van der Waals surface area contributed by atoms with E-state index in [2.05, 4.69) is 16.5 Å². The van der Waals surface area contributed by atoms with E-state index in [1.807, 2.05) is 0 Å². The number of aromatic nitrogens is 2. The van der Waals surface area contributed by atoms with Gasteiger partial charge in [0.2, 0.25) is 0 Å². The van der Waals surface area contributed by atoms with Crippen molar-refractivity contribution in [2.45, 2.75) is 38.6 Å². The average Bonchev–Trinajstić information content (AvgIpc) is 3.38. The molecule has 0 aromatic carbocycles. The van der Waals surface area contributed by atoms with Gasteiger partial charge in [-0.15, -0.1) is 11.3 Å². The van der Waals surface area contributed by atoms with Gasteiger partial charge in [-0.1, -0.05) is 6.42 Å². The number of amides is 1. The van der Waals surface area contributed by atoms with Crippen LogP contribution >= 0.6 is 11.3 Å². The van der Waals surface area contributed by atoms with Crippen LogP contribution in [-0.4, -0.2) is 20.6 Å². The fourth-order valence-electron chi connectivity index (χ4n) is 3.39. The van der Waals surface area contributed by atoms with Crippen LogP contribution in [-0.2, 0) is 19.4 Å². The molecule has 0 bridgehead atoms. The predicted molar refractivity (Wildman–Crippen MR) is 105 cm³/mol. The molecule has 0 saturated carbocycles. The van der Waals surface area contributed by atoms with Crippen molar-refractivity contribution in [3.8, 4) is 6.07 Å². The molecule has 3 aromatic heterocycles. The molecule has 0 saturated heterocycles. The summed E-state index contributed by atoms with van der Waals surface area (Å²) in [7, 11) is 0. The highest BCUT2D eigenvalue weighted by Gasteiger charge is 2.22. The third-order valence-electron chi connectivity index (χ3n) is 4.79. The van der Waals surface area contributed by atoms with Crippen molar-refractivity contribution < 1.29 is 14.1 Å². The molecule has 3 aromatic rings. The third-order valence-corrected chi connectivity index (χ3v) is 6.00. The molecule has 0 aliphatic heterocycles. The molecule has 0 fully saturated rings. The molecule has 0 spiro atoms. The minimum Gasteiger partial charge on any atom is -0.454 e. The molecule has 10 heteroatoms. The van der Waals surface area contributed by atoms with Crippen molar-refractivity contribution in [1.29, 1.82) is 5.26 Å². The number of carbonyl (C=O) groups excluding carboxylic acids is 1. The molecule has 3 heterocycles. The zero-order valence-electron chi connectivity index (χ0n) is 15.4. The Kier molecular flexibility index (Phi) is 5.14. The first kappa shape index (κ1) is 18.9. The SMILES string of the molecule is N#Cc1c(NC(=O)c2ccc(Cn3cc([N+](=O)[O-])cn3)o2)sc2c1CCCCC2. The van der Waals surface area contributed by atoms with Crippen molar-refractivity contribution in [3.63, 3.8) is 0 Å². The number of thiophene rings is 1. The number of rotatable bonds is 5. The molecule has 148 valence electrons. The van der Waals surface area contributed by atoms with Crippen LogP contribution < -0.4 is 5.32 Å². The van der Waals surface area contributed by atoms with Crippen molar-refractivity contribution in [2.75, 3.05) is 5.32 Å². The number of furan rings is 1. The maximum atomic E-state index is 12.6. The van der Waals surface area contributed by atoms with E-state index in [4.69, 9.17) is 4.42 Å². The Morgan fingerprint density at radius 3 is 2.97 bits per heavy atom. The Morgan fingerprint density at radius 1 is 1.38 bits per heavy atom. The summed E-state index contributed by atoms with van der Waals surface area (Å²) in [6.45, 7) is 0.165. The smallest absolute Gasteiger partial charge is 0.307 e. The van der Waals surface area contributed by atoms with Gasteiger partial charge in [-0.2, -0.15) is 10.4 Å².